The van der Waals surface area contributed by atoms with Gasteiger partial charge in [0.25, 0.3) is 5.91 Å². The van der Waals surface area contributed by atoms with Crippen molar-refractivity contribution in [3.63, 3.8) is 0 Å². The van der Waals surface area contributed by atoms with Crippen LogP contribution in [0.2, 0.25) is 0 Å². The fourth-order valence-corrected chi connectivity index (χ4v) is 5.01. The molecule has 1 amide bonds. The number of ether oxygens (including phenoxy) is 3. The van der Waals surface area contributed by atoms with Crippen molar-refractivity contribution >= 4 is 44.0 Å². The van der Waals surface area contributed by atoms with E-state index in [0.717, 1.165) is 5.56 Å². The maximum absolute atomic E-state index is 13.9. The van der Waals surface area contributed by atoms with Gasteiger partial charge in [0.2, 0.25) is 0 Å². The van der Waals surface area contributed by atoms with E-state index in [9.17, 15) is 9.18 Å². The molecule has 0 aliphatic carbocycles. The summed E-state index contributed by atoms with van der Waals surface area (Å²) < 4.78 is 32.6. The molecule has 0 radical (unpaired) electrons. The monoisotopic (exact) mass is 654 g/mol. The molecular formula is C30H25Br2FN2O4. The van der Waals surface area contributed by atoms with Crippen LogP contribution in [0.5, 0.6) is 17.2 Å². The highest BCUT2D eigenvalue weighted by molar-refractivity contribution is 9.11. The average Bonchev–Trinajstić information content (AvgIpc) is 2.93. The lowest BCUT2D eigenvalue weighted by molar-refractivity contribution is 0.0954. The van der Waals surface area contributed by atoms with Gasteiger partial charge < -0.3 is 14.2 Å². The van der Waals surface area contributed by atoms with Crippen LogP contribution in [0.4, 0.5) is 4.39 Å². The zero-order chi connectivity index (χ0) is 27.6. The first-order valence-electron chi connectivity index (χ1n) is 12.1. The third-order valence-electron chi connectivity index (χ3n) is 5.47. The van der Waals surface area contributed by atoms with Crippen LogP contribution in [0.1, 0.15) is 34.0 Å². The lowest BCUT2D eigenvalue weighted by Crippen LogP contribution is -2.17. The van der Waals surface area contributed by atoms with Crippen LogP contribution in [0.3, 0.4) is 0 Å². The summed E-state index contributed by atoms with van der Waals surface area (Å²) in [4.78, 5) is 12.7. The Kier molecular flexibility index (Phi) is 10.1. The molecule has 0 heterocycles. The fourth-order valence-electron chi connectivity index (χ4n) is 3.56. The molecule has 0 aromatic heterocycles. The maximum Gasteiger partial charge on any atom is 0.271 e. The second-order valence-electron chi connectivity index (χ2n) is 8.26. The summed E-state index contributed by atoms with van der Waals surface area (Å²) in [6, 6.07) is 24.8. The van der Waals surface area contributed by atoms with Gasteiger partial charge in [-0.05, 0) is 86.3 Å². The molecule has 6 nitrogen and oxygen atoms in total. The van der Waals surface area contributed by atoms with Crippen molar-refractivity contribution in [3.8, 4) is 17.2 Å². The number of carbonyl (C=O) groups is 1. The summed E-state index contributed by atoms with van der Waals surface area (Å²) in [7, 11) is 0. The van der Waals surface area contributed by atoms with Gasteiger partial charge in [-0.2, -0.15) is 5.10 Å². The van der Waals surface area contributed by atoms with Crippen molar-refractivity contribution in [3.05, 3.63) is 122 Å². The maximum atomic E-state index is 13.9. The van der Waals surface area contributed by atoms with Crippen LogP contribution in [-0.2, 0) is 13.2 Å². The van der Waals surface area contributed by atoms with E-state index >= 15 is 0 Å². The van der Waals surface area contributed by atoms with Gasteiger partial charge in [0, 0.05) is 11.1 Å². The Morgan fingerprint density at radius 3 is 2.31 bits per heavy atom. The van der Waals surface area contributed by atoms with Crippen molar-refractivity contribution in [2.45, 2.75) is 20.1 Å². The molecule has 1 N–H and O–H groups in total. The minimum atomic E-state index is -0.398. The molecule has 0 fully saturated rings. The van der Waals surface area contributed by atoms with Crippen LogP contribution in [0.25, 0.3) is 0 Å². The van der Waals surface area contributed by atoms with E-state index in [1.165, 1.54) is 12.3 Å². The van der Waals surface area contributed by atoms with E-state index in [1.807, 2.05) is 37.3 Å². The molecule has 0 aliphatic heterocycles. The average molecular weight is 656 g/mol. The zero-order valence-corrected chi connectivity index (χ0v) is 24.2. The number of nitrogens with one attached hydrogen (secondary N) is 1. The van der Waals surface area contributed by atoms with Gasteiger partial charge in [0.1, 0.15) is 24.8 Å². The normalized spacial score (nSPS) is 10.9. The molecular weight excluding hydrogens is 631 g/mol. The van der Waals surface area contributed by atoms with E-state index in [1.54, 1.807) is 48.5 Å². The Balaban J connectivity index is 1.38. The quantitative estimate of drug-likeness (QED) is 0.133. The summed E-state index contributed by atoms with van der Waals surface area (Å²) >= 11 is 6.96. The van der Waals surface area contributed by atoms with E-state index in [-0.39, 0.29) is 12.4 Å². The van der Waals surface area contributed by atoms with Gasteiger partial charge in [-0.25, -0.2) is 9.82 Å². The van der Waals surface area contributed by atoms with Crippen LogP contribution >= 0.6 is 31.9 Å². The summed E-state index contributed by atoms with van der Waals surface area (Å²) in [5.41, 5.74) is 5.09. The van der Waals surface area contributed by atoms with Crippen molar-refractivity contribution in [2.24, 2.45) is 5.10 Å². The van der Waals surface area contributed by atoms with Gasteiger partial charge in [-0.3, -0.25) is 4.79 Å². The molecule has 0 unspecified atom stereocenters. The summed E-state index contributed by atoms with van der Waals surface area (Å²) in [6.07, 6.45) is 1.51. The second kappa shape index (κ2) is 13.9. The molecule has 4 aromatic rings. The minimum absolute atomic E-state index is 0.0766. The molecule has 0 bridgehead atoms. The number of rotatable bonds is 11. The predicted octanol–water partition coefficient (Wildman–Crippen LogP) is 7.67. The first-order valence-corrected chi connectivity index (χ1v) is 13.7. The minimum Gasteiger partial charge on any atom is -0.490 e. The number of benzene rings is 4. The Labute approximate surface area is 243 Å². The molecule has 0 saturated carbocycles. The highest BCUT2D eigenvalue weighted by atomic mass is 79.9. The molecule has 200 valence electrons. The van der Waals surface area contributed by atoms with Crippen molar-refractivity contribution in [2.75, 3.05) is 6.61 Å². The van der Waals surface area contributed by atoms with Gasteiger partial charge >= 0.3 is 0 Å². The van der Waals surface area contributed by atoms with E-state index < -0.39 is 5.91 Å². The number of hydrogen-bond donors (Lipinski definition) is 1. The van der Waals surface area contributed by atoms with E-state index in [0.29, 0.717) is 56.1 Å². The Hall–Kier alpha value is -3.69. The summed E-state index contributed by atoms with van der Waals surface area (Å²) in [5.74, 6) is 0.825. The van der Waals surface area contributed by atoms with Crippen molar-refractivity contribution < 1.29 is 23.4 Å². The summed E-state index contributed by atoms with van der Waals surface area (Å²) in [6.45, 7) is 2.75. The van der Waals surface area contributed by atoms with Crippen molar-refractivity contribution in [1.29, 1.82) is 0 Å². The van der Waals surface area contributed by atoms with Crippen LogP contribution in [0, 0.1) is 5.82 Å². The summed E-state index contributed by atoms with van der Waals surface area (Å²) in [5, 5.41) is 4.08. The smallest absolute Gasteiger partial charge is 0.271 e. The lowest BCUT2D eigenvalue weighted by Gasteiger charge is -2.13. The molecule has 4 aromatic carbocycles. The standard InChI is InChI=1S/C30H25Br2FN2O4/c1-2-37-28-16-22(12-13-27(28)38-18-20-8-4-3-5-9-20)30(36)35-34-17-21-14-24(31)29(25(32)15-21)39-19-23-10-6-7-11-26(23)33/h3-17H,2,18-19H2,1H3,(H,35,36)/b34-17+. The van der Waals surface area contributed by atoms with Gasteiger partial charge in [0.15, 0.2) is 11.5 Å². The topological polar surface area (TPSA) is 69.2 Å². The third-order valence-corrected chi connectivity index (χ3v) is 6.65. The van der Waals surface area contributed by atoms with E-state index in [4.69, 9.17) is 14.2 Å². The van der Waals surface area contributed by atoms with Gasteiger partial charge in [-0.1, -0.05) is 48.5 Å². The third kappa shape index (κ3) is 7.91. The van der Waals surface area contributed by atoms with Gasteiger partial charge in [-0.15, -0.1) is 0 Å². The number of nitrogens with zero attached hydrogens (tertiary/aromatic N) is 1. The molecule has 4 rings (SSSR count). The van der Waals surface area contributed by atoms with Gasteiger partial charge in [0.05, 0.1) is 21.8 Å². The molecule has 9 heteroatoms. The molecule has 0 saturated heterocycles. The van der Waals surface area contributed by atoms with Crippen molar-refractivity contribution in [1.82, 2.24) is 5.43 Å². The molecule has 0 atom stereocenters. The Morgan fingerprint density at radius 1 is 0.872 bits per heavy atom. The Bertz CT molecular complexity index is 1440. The lowest BCUT2D eigenvalue weighted by atomic mass is 10.2. The molecule has 39 heavy (non-hydrogen) atoms. The number of carbonyl (C=O) groups excluding carboxylic acids is 1. The zero-order valence-electron chi connectivity index (χ0n) is 21.0. The number of halogens is 3. The molecule has 0 aliphatic rings. The largest absolute Gasteiger partial charge is 0.490 e. The highest BCUT2D eigenvalue weighted by Crippen LogP contribution is 2.35. The van der Waals surface area contributed by atoms with E-state index in [2.05, 4.69) is 42.4 Å². The first-order chi connectivity index (χ1) is 18.9. The second-order valence-corrected chi connectivity index (χ2v) is 9.97. The number of hydrogen-bond acceptors (Lipinski definition) is 5. The predicted molar refractivity (Wildman–Crippen MR) is 156 cm³/mol. The van der Waals surface area contributed by atoms with Crippen LogP contribution in [0.15, 0.2) is 99.0 Å². The van der Waals surface area contributed by atoms with Crippen LogP contribution < -0.4 is 19.6 Å². The van der Waals surface area contributed by atoms with Crippen LogP contribution in [-0.4, -0.2) is 18.7 Å². The Morgan fingerprint density at radius 2 is 1.59 bits per heavy atom. The fraction of sp³-hybridized carbons (Fsp3) is 0.133. The number of hydrazone groups is 1. The first kappa shape index (κ1) is 28.3. The highest BCUT2D eigenvalue weighted by Gasteiger charge is 2.13. The SMILES string of the molecule is CCOc1cc(C(=O)N/N=C/c2cc(Br)c(OCc3ccccc3F)c(Br)c2)ccc1OCc1ccccc1. The molecule has 0 spiro atoms. The number of amides is 1.